The smallest absolute Gasteiger partial charge is 0.416 e. The Bertz CT molecular complexity index is 1210. The van der Waals surface area contributed by atoms with Crippen molar-refractivity contribution < 1.29 is 58.6 Å². The van der Waals surface area contributed by atoms with Crippen LogP contribution in [-0.2, 0) is 34.5 Å². The third-order valence-electron chi connectivity index (χ3n) is 6.14. The summed E-state index contributed by atoms with van der Waals surface area (Å²) in [5.41, 5.74) is -5.28. The number of carbonyl (C=O) groups excluding carboxylic acids is 2. The number of hydrogen-bond donors (Lipinski definition) is 0. The van der Waals surface area contributed by atoms with Gasteiger partial charge in [0.1, 0.15) is 0 Å². The monoisotopic (exact) mass is 586 g/mol. The number of carbonyl (C=O) groups is 2. The molecule has 2 aromatic rings. The molecule has 0 bridgehead atoms. The van der Waals surface area contributed by atoms with Gasteiger partial charge >= 0.3 is 30.7 Å². The van der Waals surface area contributed by atoms with Crippen LogP contribution in [0.2, 0.25) is 0 Å². The van der Waals surface area contributed by atoms with E-state index in [1.54, 1.807) is 0 Å². The molecule has 40 heavy (non-hydrogen) atoms. The van der Waals surface area contributed by atoms with Crippen LogP contribution in [0.5, 0.6) is 0 Å². The van der Waals surface area contributed by atoms with Crippen molar-refractivity contribution in [3.63, 3.8) is 0 Å². The van der Waals surface area contributed by atoms with Crippen molar-refractivity contribution in [3.05, 3.63) is 64.2 Å². The fourth-order valence-corrected chi connectivity index (χ4v) is 4.40. The van der Waals surface area contributed by atoms with Crippen molar-refractivity contribution in [2.45, 2.75) is 50.9 Å². The Morgan fingerprint density at radius 3 is 1.98 bits per heavy atom. The van der Waals surface area contributed by atoms with Crippen molar-refractivity contribution in [3.8, 4) is 0 Å². The van der Waals surface area contributed by atoms with Gasteiger partial charge in [-0.3, -0.25) is 9.80 Å². The molecule has 6 nitrogen and oxygen atoms in total. The highest BCUT2D eigenvalue weighted by atomic mass is 19.4. The Kier molecular flexibility index (Phi) is 8.84. The molecule has 2 aromatic carbocycles. The highest BCUT2D eigenvalue weighted by Crippen LogP contribution is 2.42. The largest absolute Gasteiger partial charge is 0.453 e. The van der Waals surface area contributed by atoms with Gasteiger partial charge < -0.3 is 9.47 Å². The van der Waals surface area contributed by atoms with E-state index in [2.05, 4.69) is 0 Å². The highest BCUT2D eigenvalue weighted by Gasteiger charge is 2.40. The number of halogens is 9. The number of methoxy groups -OCH3 is 1. The number of anilines is 1. The average Bonchev–Trinajstić information content (AvgIpc) is 3.04. The van der Waals surface area contributed by atoms with E-state index in [1.165, 1.54) is 6.92 Å². The number of fused-ring (bicyclic) bond motifs is 1. The van der Waals surface area contributed by atoms with E-state index >= 15 is 0 Å². The van der Waals surface area contributed by atoms with Crippen LogP contribution in [0.3, 0.4) is 0 Å². The molecule has 0 fully saturated rings. The number of nitrogens with zero attached hydrogens (tertiary/aromatic N) is 2. The number of alkyl halides is 9. The van der Waals surface area contributed by atoms with Gasteiger partial charge in [0, 0.05) is 13.1 Å². The summed E-state index contributed by atoms with van der Waals surface area (Å²) in [6.45, 7) is 0.527. The summed E-state index contributed by atoms with van der Waals surface area (Å²) in [6.07, 6.45) is -17.3. The molecule has 1 aliphatic heterocycles. The summed E-state index contributed by atoms with van der Waals surface area (Å²) in [6, 6.07) is 1.81. The molecule has 0 radical (unpaired) electrons. The van der Waals surface area contributed by atoms with E-state index < -0.39 is 65.6 Å². The van der Waals surface area contributed by atoms with Gasteiger partial charge in [-0.1, -0.05) is 0 Å². The van der Waals surface area contributed by atoms with Crippen LogP contribution in [0.4, 0.5) is 54.8 Å². The molecule has 15 heteroatoms. The van der Waals surface area contributed by atoms with Crippen LogP contribution < -0.4 is 4.90 Å². The number of rotatable bonds is 4. The molecule has 3 rings (SSSR count). The van der Waals surface area contributed by atoms with E-state index in [9.17, 15) is 49.1 Å². The van der Waals surface area contributed by atoms with Gasteiger partial charge in [0.2, 0.25) is 0 Å². The van der Waals surface area contributed by atoms with Crippen molar-refractivity contribution in [2.75, 3.05) is 25.2 Å². The second kappa shape index (κ2) is 11.5. The van der Waals surface area contributed by atoms with E-state index in [-0.39, 0.29) is 43.3 Å². The fraction of sp³-hybridized carbons (Fsp3) is 0.440. The topological polar surface area (TPSA) is 59.1 Å². The predicted octanol–water partition coefficient (Wildman–Crippen LogP) is 7.81. The lowest BCUT2D eigenvalue weighted by Crippen LogP contribution is -2.35. The molecule has 0 saturated carbocycles. The lowest BCUT2D eigenvalue weighted by molar-refractivity contribution is -0.143. The van der Waals surface area contributed by atoms with Gasteiger partial charge in [-0.2, -0.15) is 39.5 Å². The quantitative estimate of drug-likeness (QED) is 0.343. The summed E-state index contributed by atoms with van der Waals surface area (Å²) < 4.78 is 131. The molecular weight excluding hydrogens is 563 g/mol. The Balaban J connectivity index is 2.19. The van der Waals surface area contributed by atoms with Gasteiger partial charge in [-0.15, -0.1) is 0 Å². The molecule has 1 heterocycles. The number of benzene rings is 2. The van der Waals surface area contributed by atoms with E-state index in [4.69, 9.17) is 9.47 Å². The summed E-state index contributed by atoms with van der Waals surface area (Å²) in [5.74, 6) is 0. The van der Waals surface area contributed by atoms with Gasteiger partial charge in [0.15, 0.2) is 0 Å². The zero-order valence-electron chi connectivity index (χ0n) is 21.0. The van der Waals surface area contributed by atoms with E-state index in [0.29, 0.717) is 24.3 Å². The molecule has 0 saturated heterocycles. The molecule has 1 aliphatic rings. The minimum Gasteiger partial charge on any atom is -0.453 e. The molecule has 220 valence electrons. The minimum atomic E-state index is -5.16. The predicted molar refractivity (Wildman–Crippen MR) is 122 cm³/mol. The number of hydrogen-bond acceptors (Lipinski definition) is 4. The van der Waals surface area contributed by atoms with E-state index in [1.807, 2.05) is 0 Å². The normalized spacial score (nSPS) is 16.2. The zero-order valence-corrected chi connectivity index (χ0v) is 21.0. The van der Waals surface area contributed by atoms with Crippen molar-refractivity contribution in [1.82, 2.24) is 4.90 Å². The van der Waals surface area contributed by atoms with Gasteiger partial charge in [-0.25, -0.2) is 9.59 Å². The molecule has 2 amide bonds. The highest BCUT2D eigenvalue weighted by molar-refractivity contribution is 5.89. The fourth-order valence-electron chi connectivity index (χ4n) is 4.40. The van der Waals surface area contributed by atoms with Crippen LogP contribution in [0, 0.1) is 0 Å². The first-order chi connectivity index (χ1) is 18.5. The maximum absolute atomic E-state index is 13.6. The Hall–Kier alpha value is -3.65. The second-order valence-corrected chi connectivity index (χ2v) is 8.79. The SMILES string of the molecule is CCOC(=O)N1CCCC(N(Cc2cc(C(F)(F)F)cc(C(F)(F)F)c2)C(=O)OC)c2cc(C(F)(F)F)ccc21. The number of ether oxygens (including phenoxy) is 2. The minimum absolute atomic E-state index is 0.0511. The average molecular weight is 586 g/mol. The van der Waals surface area contributed by atoms with Gasteiger partial charge in [-0.05, 0) is 67.3 Å². The molecular formula is C25H23F9N2O4. The summed E-state index contributed by atoms with van der Waals surface area (Å²) >= 11 is 0. The Morgan fingerprint density at radius 1 is 0.900 bits per heavy atom. The molecule has 0 spiro atoms. The zero-order chi connectivity index (χ0) is 30.0. The lowest BCUT2D eigenvalue weighted by atomic mass is 9.96. The molecule has 1 unspecified atom stereocenters. The standard InChI is InChI=1S/C25H23F9N2O4/c1-3-40-22(38)35-8-4-5-19(18-12-15(23(26,27)28)6-7-20(18)35)36(21(37)39-2)13-14-9-16(24(29,30)31)11-17(10-14)25(32,33)34/h6-7,9-12,19H,3-5,8,13H2,1-2H3. The van der Waals surface area contributed by atoms with Gasteiger partial charge in [0.05, 0.1) is 42.1 Å². The Morgan fingerprint density at radius 2 is 1.48 bits per heavy atom. The maximum Gasteiger partial charge on any atom is 0.416 e. The Labute approximate surface area is 222 Å². The van der Waals surface area contributed by atoms with Crippen LogP contribution >= 0.6 is 0 Å². The van der Waals surface area contributed by atoms with Crippen molar-refractivity contribution >= 4 is 17.9 Å². The first-order valence-corrected chi connectivity index (χ1v) is 11.8. The van der Waals surface area contributed by atoms with Crippen LogP contribution in [0.15, 0.2) is 36.4 Å². The molecule has 0 aromatic heterocycles. The van der Waals surface area contributed by atoms with Crippen LogP contribution in [0.1, 0.15) is 53.6 Å². The van der Waals surface area contributed by atoms with Crippen molar-refractivity contribution in [1.29, 1.82) is 0 Å². The molecule has 0 aliphatic carbocycles. The van der Waals surface area contributed by atoms with Crippen LogP contribution in [0.25, 0.3) is 0 Å². The van der Waals surface area contributed by atoms with Crippen LogP contribution in [-0.4, -0.2) is 37.3 Å². The first-order valence-electron chi connectivity index (χ1n) is 11.8. The third-order valence-corrected chi connectivity index (χ3v) is 6.14. The lowest BCUT2D eigenvalue weighted by Gasteiger charge is -2.32. The third kappa shape index (κ3) is 6.91. The summed E-state index contributed by atoms with van der Waals surface area (Å²) in [4.78, 5) is 27.2. The maximum atomic E-state index is 13.6. The van der Waals surface area contributed by atoms with Gasteiger partial charge in [0.25, 0.3) is 0 Å². The number of amides is 2. The summed E-state index contributed by atoms with van der Waals surface area (Å²) in [7, 11) is 0.900. The molecule has 1 atom stereocenters. The second-order valence-electron chi connectivity index (χ2n) is 8.79. The first kappa shape index (κ1) is 30.9. The van der Waals surface area contributed by atoms with Crippen molar-refractivity contribution in [2.24, 2.45) is 0 Å². The molecule has 0 N–H and O–H groups in total. The van der Waals surface area contributed by atoms with E-state index in [0.717, 1.165) is 23.0 Å². The summed E-state index contributed by atoms with van der Waals surface area (Å²) in [5, 5.41) is 0.